The SMILES string of the molecule is CC(C)(C)c1ncc(CNCC2CCCCC2CO)s1. The number of nitrogens with zero attached hydrogens (tertiary/aromatic N) is 1. The smallest absolute Gasteiger partial charge is 0.0981 e. The predicted molar refractivity (Wildman–Crippen MR) is 85.1 cm³/mol. The first kappa shape index (κ1) is 15.9. The quantitative estimate of drug-likeness (QED) is 0.876. The van der Waals surface area contributed by atoms with Gasteiger partial charge in [0.2, 0.25) is 0 Å². The minimum absolute atomic E-state index is 0.147. The van der Waals surface area contributed by atoms with Gasteiger partial charge in [-0.05, 0) is 31.2 Å². The monoisotopic (exact) mass is 296 g/mol. The molecule has 2 unspecified atom stereocenters. The molecule has 0 radical (unpaired) electrons. The molecule has 1 fully saturated rings. The van der Waals surface area contributed by atoms with Crippen LogP contribution in [0, 0.1) is 11.8 Å². The van der Waals surface area contributed by atoms with Crippen molar-refractivity contribution in [3.05, 3.63) is 16.1 Å². The summed E-state index contributed by atoms with van der Waals surface area (Å²) in [6.07, 6.45) is 7.05. The van der Waals surface area contributed by atoms with Gasteiger partial charge in [-0.3, -0.25) is 0 Å². The van der Waals surface area contributed by atoms with Crippen LogP contribution >= 0.6 is 11.3 Å². The maximum atomic E-state index is 9.43. The Hall–Kier alpha value is -0.450. The van der Waals surface area contributed by atoms with Crippen LogP contribution in [0.1, 0.15) is 56.3 Å². The van der Waals surface area contributed by atoms with Crippen LogP contribution in [-0.4, -0.2) is 23.2 Å². The summed E-state index contributed by atoms with van der Waals surface area (Å²) in [5.74, 6) is 1.15. The molecule has 2 atom stereocenters. The Morgan fingerprint density at radius 1 is 1.30 bits per heavy atom. The topological polar surface area (TPSA) is 45.2 Å². The third kappa shape index (κ3) is 4.27. The van der Waals surface area contributed by atoms with Crippen molar-refractivity contribution in [2.75, 3.05) is 13.2 Å². The fraction of sp³-hybridized carbons (Fsp3) is 0.812. The molecular weight excluding hydrogens is 268 g/mol. The van der Waals surface area contributed by atoms with E-state index in [9.17, 15) is 5.11 Å². The van der Waals surface area contributed by atoms with E-state index in [1.807, 2.05) is 17.5 Å². The van der Waals surface area contributed by atoms with Crippen molar-refractivity contribution in [1.29, 1.82) is 0 Å². The second-order valence-corrected chi connectivity index (χ2v) is 8.12. The molecule has 1 aliphatic rings. The van der Waals surface area contributed by atoms with E-state index in [1.165, 1.54) is 35.6 Å². The Morgan fingerprint density at radius 3 is 2.60 bits per heavy atom. The van der Waals surface area contributed by atoms with Crippen molar-refractivity contribution in [2.24, 2.45) is 11.8 Å². The predicted octanol–water partition coefficient (Wildman–Crippen LogP) is 3.33. The average molecular weight is 296 g/mol. The maximum absolute atomic E-state index is 9.43. The molecule has 0 saturated heterocycles. The van der Waals surface area contributed by atoms with Gasteiger partial charge in [-0.15, -0.1) is 11.3 Å². The van der Waals surface area contributed by atoms with Gasteiger partial charge in [0.25, 0.3) is 0 Å². The van der Waals surface area contributed by atoms with Crippen LogP contribution in [0.3, 0.4) is 0 Å². The highest BCUT2D eigenvalue weighted by molar-refractivity contribution is 7.11. The second kappa shape index (κ2) is 7.01. The van der Waals surface area contributed by atoms with Crippen LogP contribution in [0.2, 0.25) is 0 Å². The molecule has 0 aromatic carbocycles. The van der Waals surface area contributed by atoms with Crippen LogP contribution in [0.5, 0.6) is 0 Å². The summed E-state index contributed by atoms with van der Waals surface area (Å²) < 4.78 is 0. The van der Waals surface area contributed by atoms with Crippen molar-refractivity contribution in [3.63, 3.8) is 0 Å². The molecule has 0 aliphatic heterocycles. The Labute approximate surface area is 126 Å². The first-order valence-electron chi connectivity index (χ1n) is 7.77. The first-order chi connectivity index (χ1) is 9.50. The summed E-state index contributed by atoms with van der Waals surface area (Å²) in [6, 6.07) is 0. The summed E-state index contributed by atoms with van der Waals surface area (Å²) in [7, 11) is 0. The minimum atomic E-state index is 0.147. The normalized spacial score (nSPS) is 24.0. The largest absolute Gasteiger partial charge is 0.396 e. The van der Waals surface area contributed by atoms with Crippen LogP contribution in [0.25, 0.3) is 0 Å². The zero-order valence-electron chi connectivity index (χ0n) is 13.0. The third-order valence-electron chi connectivity index (χ3n) is 4.20. The number of aliphatic hydroxyl groups excluding tert-OH is 1. The molecule has 3 nitrogen and oxygen atoms in total. The molecule has 1 aromatic rings. The Bertz CT molecular complexity index is 411. The summed E-state index contributed by atoms with van der Waals surface area (Å²) in [4.78, 5) is 5.83. The van der Waals surface area contributed by atoms with Gasteiger partial charge in [0.05, 0.1) is 5.01 Å². The molecule has 0 spiro atoms. The number of aromatic nitrogens is 1. The first-order valence-corrected chi connectivity index (χ1v) is 8.59. The zero-order chi connectivity index (χ0) is 14.6. The number of hydrogen-bond donors (Lipinski definition) is 2. The third-order valence-corrected chi connectivity index (χ3v) is 5.62. The highest BCUT2D eigenvalue weighted by atomic mass is 32.1. The molecule has 20 heavy (non-hydrogen) atoms. The lowest BCUT2D eigenvalue weighted by Gasteiger charge is -2.30. The second-order valence-electron chi connectivity index (χ2n) is 7.00. The average Bonchev–Trinajstić information content (AvgIpc) is 2.88. The number of aliphatic hydroxyl groups is 1. The molecule has 1 saturated carbocycles. The van der Waals surface area contributed by atoms with E-state index in [-0.39, 0.29) is 5.41 Å². The molecule has 114 valence electrons. The molecule has 2 rings (SSSR count). The maximum Gasteiger partial charge on any atom is 0.0981 e. The van der Waals surface area contributed by atoms with Gasteiger partial charge in [-0.2, -0.15) is 0 Å². The lowest BCUT2D eigenvalue weighted by molar-refractivity contribution is 0.133. The molecule has 1 heterocycles. The van der Waals surface area contributed by atoms with Crippen molar-refractivity contribution in [1.82, 2.24) is 10.3 Å². The zero-order valence-corrected chi connectivity index (χ0v) is 13.8. The van der Waals surface area contributed by atoms with Crippen LogP contribution in [0.4, 0.5) is 0 Å². The van der Waals surface area contributed by atoms with E-state index in [4.69, 9.17) is 0 Å². The fourth-order valence-corrected chi connectivity index (χ4v) is 3.85. The van der Waals surface area contributed by atoms with Crippen LogP contribution in [0.15, 0.2) is 6.20 Å². The molecule has 0 bridgehead atoms. The molecule has 0 amide bonds. The number of hydrogen-bond acceptors (Lipinski definition) is 4. The van der Waals surface area contributed by atoms with E-state index < -0.39 is 0 Å². The van der Waals surface area contributed by atoms with Gasteiger partial charge in [-0.1, -0.05) is 33.6 Å². The summed E-state index contributed by atoms with van der Waals surface area (Å²) in [6.45, 7) is 8.89. The van der Waals surface area contributed by atoms with Crippen LogP contribution in [-0.2, 0) is 12.0 Å². The van der Waals surface area contributed by atoms with E-state index in [2.05, 4.69) is 31.1 Å². The van der Waals surface area contributed by atoms with E-state index in [0.29, 0.717) is 18.4 Å². The van der Waals surface area contributed by atoms with Crippen molar-refractivity contribution >= 4 is 11.3 Å². The molecule has 2 N–H and O–H groups in total. The van der Waals surface area contributed by atoms with Gasteiger partial charge >= 0.3 is 0 Å². The van der Waals surface area contributed by atoms with Crippen LogP contribution < -0.4 is 5.32 Å². The number of nitrogens with one attached hydrogen (secondary N) is 1. The Balaban J connectivity index is 1.79. The van der Waals surface area contributed by atoms with Gasteiger partial charge in [0.1, 0.15) is 0 Å². The fourth-order valence-electron chi connectivity index (χ4n) is 2.91. The van der Waals surface area contributed by atoms with Gasteiger partial charge in [0.15, 0.2) is 0 Å². The van der Waals surface area contributed by atoms with Gasteiger partial charge < -0.3 is 10.4 Å². The number of rotatable bonds is 5. The molecule has 1 aliphatic carbocycles. The Morgan fingerprint density at radius 2 is 2.00 bits per heavy atom. The Kier molecular flexibility index (Phi) is 5.58. The van der Waals surface area contributed by atoms with Crippen molar-refractivity contribution in [3.8, 4) is 0 Å². The van der Waals surface area contributed by atoms with Gasteiger partial charge in [-0.25, -0.2) is 4.98 Å². The molecular formula is C16H28N2OS. The molecule has 1 aromatic heterocycles. The lowest BCUT2D eigenvalue weighted by Crippen LogP contribution is -2.32. The summed E-state index contributed by atoms with van der Waals surface area (Å²) >= 11 is 1.81. The lowest BCUT2D eigenvalue weighted by atomic mass is 9.79. The van der Waals surface area contributed by atoms with E-state index >= 15 is 0 Å². The highest BCUT2D eigenvalue weighted by Gasteiger charge is 2.24. The minimum Gasteiger partial charge on any atom is -0.396 e. The van der Waals surface area contributed by atoms with Crippen molar-refractivity contribution < 1.29 is 5.11 Å². The number of thiazole rings is 1. The van der Waals surface area contributed by atoms with E-state index in [1.54, 1.807) is 0 Å². The standard InChI is InChI=1S/C16H28N2OS/c1-16(2,3)15-18-10-14(20-15)9-17-8-12-6-4-5-7-13(12)11-19/h10,12-13,17,19H,4-9,11H2,1-3H3. The summed E-state index contributed by atoms with van der Waals surface area (Å²) in [5.41, 5.74) is 0.147. The highest BCUT2D eigenvalue weighted by Crippen LogP contribution is 2.29. The molecule has 4 heteroatoms. The van der Waals surface area contributed by atoms with E-state index in [0.717, 1.165) is 13.1 Å². The van der Waals surface area contributed by atoms with Crippen molar-refractivity contribution in [2.45, 2.75) is 58.4 Å². The van der Waals surface area contributed by atoms with Gasteiger partial charge in [0, 0.05) is 29.6 Å². The summed E-state index contributed by atoms with van der Waals surface area (Å²) in [5, 5.41) is 14.2.